The van der Waals surface area contributed by atoms with Crippen molar-refractivity contribution in [3.05, 3.63) is 35.4 Å². The number of phenolic OH excluding ortho intramolecular Hbond substituents is 1. The van der Waals surface area contributed by atoms with Crippen LogP contribution in [-0.2, 0) is 5.41 Å². The molecule has 0 bridgehead atoms. The van der Waals surface area contributed by atoms with E-state index in [9.17, 15) is 5.11 Å². The molecule has 1 aromatic carbocycles. The lowest BCUT2D eigenvalue weighted by atomic mass is 9.79. The second-order valence-electron chi connectivity index (χ2n) is 9.48. The molecule has 27 heavy (non-hydrogen) atoms. The van der Waals surface area contributed by atoms with Gasteiger partial charge in [-0.05, 0) is 54.2 Å². The van der Waals surface area contributed by atoms with E-state index in [1.165, 1.54) is 75.6 Å². The molecular weight excluding hydrogens is 330 g/mol. The number of benzene rings is 1. The Morgan fingerprint density at radius 2 is 1.96 bits per heavy atom. The van der Waals surface area contributed by atoms with Crippen LogP contribution in [0.4, 0.5) is 0 Å². The Hall–Kier alpha value is -1.28. The molecule has 150 valence electrons. The highest BCUT2D eigenvalue weighted by Crippen LogP contribution is 2.36. The molecule has 0 radical (unpaired) electrons. The summed E-state index contributed by atoms with van der Waals surface area (Å²) in [6, 6.07) is 6.44. The second kappa shape index (κ2) is 9.28. The average Bonchev–Trinajstić information content (AvgIpc) is 2.62. The lowest BCUT2D eigenvalue weighted by Crippen LogP contribution is -2.36. The molecular formula is C25H39NO. The first-order chi connectivity index (χ1) is 13.0. The lowest BCUT2D eigenvalue weighted by Gasteiger charge is -2.35. The van der Waals surface area contributed by atoms with Crippen LogP contribution < -0.4 is 0 Å². The van der Waals surface area contributed by atoms with Gasteiger partial charge in [0.2, 0.25) is 0 Å². The molecule has 0 spiro atoms. The van der Waals surface area contributed by atoms with Crippen molar-refractivity contribution in [3.63, 3.8) is 0 Å². The summed E-state index contributed by atoms with van der Waals surface area (Å²) in [5.41, 5.74) is 3.74. The molecule has 0 unspecified atom stereocenters. The number of nitrogens with zero attached hydrogens (tertiary/aromatic N) is 1. The monoisotopic (exact) mass is 369 g/mol. The largest absolute Gasteiger partial charge is 0.507 e. The van der Waals surface area contributed by atoms with E-state index in [1.807, 2.05) is 6.07 Å². The summed E-state index contributed by atoms with van der Waals surface area (Å²) in [5, 5.41) is 10.8. The predicted molar refractivity (Wildman–Crippen MR) is 116 cm³/mol. The smallest absolute Gasteiger partial charge is 0.123 e. The van der Waals surface area contributed by atoms with Gasteiger partial charge in [-0.2, -0.15) is 0 Å². The van der Waals surface area contributed by atoms with Gasteiger partial charge in [0.15, 0.2) is 0 Å². The molecule has 0 amide bonds. The molecule has 2 heteroatoms. The molecule has 2 aliphatic rings. The predicted octanol–water partition coefficient (Wildman–Crippen LogP) is 6.53. The molecule has 1 saturated carbocycles. The summed E-state index contributed by atoms with van der Waals surface area (Å²) in [6.45, 7) is 10.3. The quantitative estimate of drug-likeness (QED) is 0.500. The van der Waals surface area contributed by atoms with Crippen LogP contribution in [0.2, 0.25) is 0 Å². The molecule has 1 N–H and O–H groups in total. The highest BCUT2D eigenvalue weighted by molar-refractivity contribution is 5.72. The summed E-state index contributed by atoms with van der Waals surface area (Å²) < 4.78 is 0. The van der Waals surface area contributed by atoms with Crippen LogP contribution >= 0.6 is 0 Å². The zero-order chi connectivity index (χ0) is 19.3. The number of phenols is 1. The molecule has 0 saturated heterocycles. The average molecular weight is 370 g/mol. The molecule has 1 aliphatic heterocycles. The van der Waals surface area contributed by atoms with Crippen molar-refractivity contribution in [1.82, 2.24) is 4.90 Å². The molecule has 1 aromatic rings. The van der Waals surface area contributed by atoms with Crippen LogP contribution in [-0.4, -0.2) is 29.6 Å². The zero-order valence-electron chi connectivity index (χ0n) is 17.8. The minimum atomic E-state index is 0.126. The van der Waals surface area contributed by atoms with Crippen molar-refractivity contribution >= 4 is 5.57 Å². The maximum absolute atomic E-state index is 10.8. The van der Waals surface area contributed by atoms with E-state index in [0.29, 0.717) is 5.75 Å². The van der Waals surface area contributed by atoms with Gasteiger partial charge in [-0.1, -0.05) is 71.1 Å². The van der Waals surface area contributed by atoms with E-state index in [2.05, 4.69) is 43.9 Å². The van der Waals surface area contributed by atoms with E-state index in [-0.39, 0.29) is 5.41 Å². The van der Waals surface area contributed by atoms with Crippen molar-refractivity contribution in [3.8, 4) is 5.75 Å². The minimum absolute atomic E-state index is 0.126. The van der Waals surface area contributed by atoms with Gasteiger partial charge in [-0.3, -0.25) is 4.90 Å². The van der Waals surface area contributed by atoms with E-state index in [4.69, 9.17) is 0 Å². The maximum Gasteiger partial charge on any atom is 0.123 e. The topological polar surface area (TPSA) is 23.5 Å². The highest BCUT2D eigenvalue weighted by atomic mass is 16.3. The van der Waals surface area contributed by atoms with Gasteiger partial charge in [-0.25, -0.2) is 0 Å². The zero-order valence-corrected chi connectivity index (χ0v) is 17.8. The first-order valence-corrected chi connectivity index (χ1v) is 11.2. The number of rotatable bonds is 9. The van der Waals surface area contributed by atoms with E-state index < -0.39 is 0 Å². The Bertz CT molecular complexity index is 642. The third-order valence-corrected chi connectivity index (χ3v) is 6.75. The molecule has 0 atom stereocenters. The fourth-order valence-corrected chi connectivity index (χ4v) is 4.56. The van der Waals surface area contributed by atoms with Crippen molar-refractivity contribution in [2.24, 2.45) is 5.92 Å². The Labute approximate surface area is 166 Å². The van der Waals surface area contributed by atoms with Gasteiger partial charge in [0.05, 0.1) is 0 Å². The molecule has 0 aromatic heterocycles. The highest BCUT2D eigenvalue weighted by Gasteiger charge is 2.25. The van der Waals surface area contributed by atoms with Crippen LogP contribution in [0.25, 0.3) is 5.57 Å². The fraction of sp³-hybridized carbons (Fsp3) is 0.680. The Morgan fingerprint density at radius 3 is 2.63 bits per heavy atom. The van der Waals surface area contributed by atoms with Gasteiger partial charge >= 0.3 is 0 Å². The van der Waals surface area contributed by atoms with Crippen LogP contribution in [0.5, 0.6) is 5.75 Å². The summed E-state index contributed by atoms with van der Waals surface area (Å²) in [6.07, 6.45) is 14.0. The summed E-state index contributed by atoms with van der Waals surface area (Å²) in [4.78, 5) is 2.59. The van der Waals surface area contributed by atoms with Gasteiger partial charge < -0.3 is 5.11 Å². The number of hydrogen-bond acceptors (Lipinski definition) is 2. The summed E-state index contributed by atoms with van der Waals surface area (Å²) in [5.74, 6) is 1.37. The standard InChI is InChI=1S/C25H39NO/c1-4-5-6-7-15-25(2,3)22-13-14-23(24(27)17-22)21-12-9-16-26(19-21)18-20-10-8-11-20/h12-14,17,20,27H,4-11,15-16,18-19H2,1-3H3. The molecule has 2 nitrogen and oxygen atoms in total. The van der Waals surface area contributed by atoms with Gasteiger partial charge in [0.1, 0.15) is 5.75 Å². The van der Waals surface area contributed by atoms with Crippen molar-refractivity contribution in [1.29, 1.82) is 0 Å². The number of hydrogen-bond donors (Lipinski definition) is 1. The van der Waals surface area contributed by atoms with Crippen molar-refractivity contribution in [2.45, 2.75) is 84.0 Å². The third-order valence-electron chi connectivity index (χ3n) is 6.75. The minimum Gasteiger partial charge on any atom is -0.507 e. The Kier molecular flexibility index (Phi) is 7.03. The second-order valence-corrected chi connectivity index (χ2v) is 9.48. The van der Waals surface area contributed by atoms with Crippen molar-refractivity contribution in [2.75, 3.05) is 19.6 Å². The van der Waals surface area contributed by atoms with Gasteiger partial charge in [0.25, 0.3) is 0 Å². The maximum atomic E-state index is 10.8. The molecule has 1 aliphatic carbocycles. The van der Waals surface area contributed by atoms with Crippen LogP contribution in [0, 0.1) is 5.92 Å². The number of aromatic hydroxyl groups is 1. The van der Waals surface area contributed by atoms with E-state index >= 15 is 0 Å². The SMILES string of the molecule is CCCCCCC(C)(C)c1ccc(C2=CCCN(CC3CCC3)C2)c(O)c1. The normalized spacial score (nSPS) is 19.0. The lowest BCUT2D eigenvalue weighted by molar-refractivity contribution is 0.191. The van der Waals surface area contributed by atoms with E-state index in [1.54, 1.807) is 0 Å². The molecule has 3 rings (SSSR count). The molecule has 1 heterocycles. The van der Waals surface area contributed by atoms with Crippen LogP contribution in [0.3, 0.4) is 0 Å². The summed E-state index contributed by atoms with van der Waals surface area (Å²) in [7, 11) is 0. The third kappa shape index (κ3) is 5.38. The van der Waals surface area contributed by atoms with Crippen LogP contribution in [0.15, 0.2) is 24.3 Å². The molecule has 1 fully saturated rings. The van der Waals surface area contributed by atoms with E-state index in [0.717, 1.165) is 24.4 Å². The number of unbranched alkanes of at least 4 members (excludes halogenated alkanes) is 3. The van der Waals surface area contributed by atoms with Gasteiger partial charge in [0, 0.05) is 25.2 Å². The Morgan fingerprint density at radius 1 is 1.15 bits per heavy atom. The van der Waals surface area contributed by atoms with Crippen LogP contribution in [0.1, 0.15) is 89.7 Å². The summed E-state index contributed by atoms with van der Waals surface area (Å²) >= 11 is 0. The first-order valence-electron chi connectivity index (χ1n) is 11.2. The van der Waals surface area contributed by atoms with Gasteiger partial charge in [-0.15, -0.1) is 0 Å². The first kappa shape index (κ1) is 20.5. The fourth-order valence-electron chi connectivity index (χ4n) is 4.56. The Balaban J connectivity index is 1.64. The van der Waals surface area contributed by atoms with Crippen molar-refractivity contribution < 1.29 is 5.11 Å².